The molecule has 3 aromatic carbocycles. The Balaban J connectivity index is 1.65. The molecule has 9 heteroatoms. The number of nitro benzene ring substituents is 1. The lowest BCUT2D eigenvalue weighted by atomic mass is 10.3. The molecule has 1 amide bonds. The lowest BCUT2D eigenvalue weighted by Gasteiger charge is -2.09. The molecule has 3 rings (SSSR count). The number of hydrogen-bond acceptors (Lipinski definition) is 6. The number of rotatable bonds is 7. The van der Waals surface area contributed by atoms with Gasteiger partial charge in [-0.3, -0.25) is 14.9 Å². The molecule has 29 heavy (non-hydrogen) atoms. The summed E-state index contributed by atoms with van der Waals surface area (Å²) in [5, 5.41) is 13.3. The minimum Gasteiger partial charge on any atom is -0.484 e. The number of carbonyl (C=O) groups is 1. The predicted octanol–water partition coefficient (Wildman–Crippen LogP) is 3.45. The number of amides is 1. The highest BCUT2D eigenvalue weighted by molar-refractivity contribution is 7.91. The van der Waals surface area contributed by atoms with Gasteiger partial charge in [0.1, 0.15) is 5.75 Å². The number of hydrogen-bond donors (Lipinski definition) is 1. The molecule has 8 nitrogen and oxygen atoms in total. The Morgan fingerprint density at radius 1 is 0.897 bits per heavy atom. The van der Waals surface area contributed by atoms with E-state index in [9.17, 15) is 23.3 Å². The summed E-state index contributed by atoms with van der Waals surface area (Å²) < 4.78 is 30.6. The van der Waals surface area contributed by atoms with Gasteiger partial charge < -0.3 is 10.1 Å². The number of ether oxygens (including phenoxy) is 1. The standard InChI is InChI=1S/C20H16N2O6S/c23-20(14-28-17-4-2-1-3-5-17)21-15-6-10-18(11-7-15)29(26,27)19-12-8-16(9-13-19)22(24)25/h1-13H,14H2,(H,21,23). The first-order valence-electron chi connectivity index (χ1n) is 8.43. The van der Waals surface area contributed by atoms with Gasteiger partial charge in [0.2, 0.25) is 9.84 Å². The van der Waals surface area contributed by atoms with Crippen molar-refractivity contribution in [2.24, 2.45) is 0 Å². The average molecular weight is 412 g/mol. The van der Waals surface area contributed by atoms with Gasteiger partial charge in [0.15, 0.2) is 6.61 Å². The van der Waals surface area contributed by atoms with Gasteiger partial charge in [-0.1, -0.05) is 18.2 Å². The van der Waals surface area contributed by atoms with Crippen molar-refractivity contribution in [3.8, 4) is 5.75 Å². The van der Waals surface area contributed by atoms with E-state index in [0.29, 0.717) is 11.4 Å². The van der Waals surface area contributed by atoms with E-state index in [4.69, 9.17) is 4.74 Å². The van der Waals surface area contributed by atoms with E-state index in [0.717, 1.165) is 12.1 Å². The van der Waals surface area contributed by atoms with Gasteiger partial charge in [-0.2, -0.15) is 0 Å². The Labute approximate surface area is 166 Å². The second-order valence-electron chi connectivity index (χ2n) is 5.93. The molecule has 3 aromatic rings. The van der Waals surface area contributed by atoms with Crippen LogP contribution in [0.3, 0.4) is 0 Å². The van der Waals surface area contributed by atoms with E-state index < -0.39 is 14.8 Å². The lowest BCUT2D eigenvalue weighted by Crippen LogP contribution is -2.20. The highest BCUT2D eigenvalue weighted by atomic mass is 32.2. The number of nitrogens with one attached hydrogen (secondary N) is 1. The SMILES string of the molecule is O=C(COc1ccccc1)Nc1ccc(S(=O)(=O)c2ccc([N+](=O)[O-])cc2)cc1. The molecule has 0 aliphatic carbocycles. The highest BCUT2D eigenvalue weighted by Gasteiger charge is 2.19. The molecule has 0 spiro atoms. The van der Waals surface area contributed by atoms with Crippen LogP contribution in [0, 0.1) is 10.1 Å². The van der Waals surface area contributed by atoms with Gasteiger partial charge in [-0.05, 0) is 48.5 Å². The zero-order valence-corrected chi connectivity index (χ0v) is 15.8. The van der Waals surface area contributed by atoms with Crippen LogP contribution in [-0.4, -0.2) is 25.9 Å². The molecular weight excluding hydrogens is 396 g/mol. The van der Waals surface area contributed by atoms with E-state index in [1.807, 2.05) is 6.07 Å². The normalized spacial score (nSPS) is 10.9. The van der Waals surface area contributed by atoms with Crippen LogP contribution < -0.4 is 10.1 Å². The van der Waals surface area contributed by atoms with Crippen LogP contribution in [0.2, 0.25) is 0 Å². The third kappa shape index (κ3) is 4.96. The van der Waals surface area contributed by atoms with E-state index in [-0.39, 0.29) is 28.0 Å². The van der Waals surface area contributed by atoms with Crippen molar-refractivity contribution in [1.29, 1.82) is 0 Å². The largest absolute Gasteiger partial charge is 0.484 e. The fraction of sp³-hybridized carbons (Fsp3) is 0.0500. The van der Waals surface area contributed by atoms with Crippen molar-refractivity contribution in [1.82, 2.24) is 0 Å². The lowest BCUT2D eigenvalue weighted by molar-refractivity contribution is -0.384. The molecule has 0 heterocycles. The first kappa shape index (κ1) is 20.0. The van der Waals surface area contributed by atoms with E-state index in [1.54, 1.807) is 24.3 Å². The van der Waals surface area contributed by atoms with Crippen molar-refractivity contribution in [3.63, 3.8) is 0 Å². The van der Waals surface area contributed by atoms with Gasteiger partial charge in [0.25, 0.3) is 11.6 Å². The third-order valence-electron chi connectivity index (χ3n) is 3.92. The Kier molecular flexibility index (Phi) is 5.89. The van der Waals surface area contributed by atoms with E-state index in [2.05, 4.69) is 5.32 Å². The highest BCUT2D eigenvalue weighted by Crippen LogP contribution is 2.24. The quantitative estimate of drug-likeness (QED) is 0.469. The van der Waals surface area contributed by atoms with Crippen LogP contribution >= 0.6 is 0 Å². The van der Waals surface area contributed by atoms with Gasteiger partial charge in [-0.25, -0.2) is 8.42 Å². The number of benzene rings is 3. The molecule has 0 bridgehead atoms. The average Bonchev–Trinajstić information content (AvgIpc) is 2.73. The van der Waals surface area contributed by atoms with Crippen molar-refractivity contribution in [2.45, 2.75) is 9.79 Å². The molecule has 0 atom stereocenters. The number of non-ortho nitro benzene ring substituents is 1. The number of nitro groups is 1. The second kappa shape index (κ2) is 8.53. The van der Waals surface area contributed by atoms with Crippen LogP contribution in [0.5, 0.6) is 5.75 Å². The fourth-order valence-electron chi connectivity index (χ4n) is 2.46. The van der Waals surface area contributed by atoms with Crippen molar-refractivity contribution < 1.29 is 22.9 Å². The minimum absolute atomic E-state index is 0.00453. The molecule has 0 aliphatic rings. The molecule has 0 aliphatic heterocycles. The number of nitrogens with zero attached hydrogens (tertiary/aromatic N) is 1. The minimum atomic E-state index is -3.83. The summed E-state index contributed by atoms with van der Waals surface area (Å²) in [5.41, 5.74) is 0.217. The Bertz CT molecular complexity index is 1110. The van der Waals surface area contributed by atoms with Gasteiger partial charge in [0.05, 0.1) is 14.7 Å². The Morgan fingerprint density at radius 3 is 2.00 bits per heavy atom. The van der Waals surface area contributed by atoms with Crippen molar-refractivity contribution >= 4 is 27.1 Å². The molecule has 0 saturated heterocycles. The smallest absolute Gasteiger partial charge is 0.269 e. The van der Waals surface area contributed by atoms with E-state index in [1.165, 1.54) is 36.4 Å². The molecule has 1 N–H and O–H groups in total. The van der Waals surface area contributed by atoms with Crippen LogP contribution in [-0.2, 0) is 14.6 Å². The molecular formula is C20H16N2O6S. The number of sulfone groups is 1. The van der Waals surface area contributed by atoms with Crippen LogP contribution in [0.15, 0.2) is 88.7 Å². The molecule has 148 valence electrons. The first-order valence-corrected chi connectivity index (χ1v) is 9.92. The van der Waals surface area contributed by atoms with E-state index >= 15 is 0 Å². The Morgan fingerprint density at radius 2 is 1.45 bits per heavy atom. The number of para-hydroxylation sites is 1. The summed E-state index contributed by atoms with van der Waals surface area (Å²) in [6, 6.07) is 19.1. The summed E-state index contributed by atoms with van der Waals surface area (Å²) >= 11 is 0. The summed E-state index contributed by atoms with van der Waals surface area (Å²) in [6.45, 7) is -0.188. The molecule has 0 radical (unpaired) electrons. The summed E-state index contributed by atoms with van der Waals surface area (Å²) in [4.78, 5) is 22.0. The van der Waals surface area contributed by atoms with Crippen LogP contribution in [0.4, 0.5) is 11.4 Å². The topological polar surface area (TPSA) is 116 Å². The number of anilines is 1. The second-order valence-corrected chi connectivity index (χ2v) is 7.88. The molecule has 0 unspecified atom stereocenters. The molecule has 0 fully saturated rings. The first-order chi connectivity index (χ1) is 13.9. The number of carbonyl (C=O) groups excluding carboxylic acids is 1. The Hall–Kier alpha value is -3.72. The maximum Gasteiger partial charge on any atom is 0.269 e. The molecule has 0 aromatic heterocycles. The summed E-state index contributed by atoms with van der Waals surface area (Å²) in [7, 11) is -3.83. The fourth-order valence-corrected chi connectivity index (χ4v) is 3.72. The predicted molar refractivity (Wildman–Crippen MR) is 106 cm³/mol. The maximum atomic E-state index is 12.6. The van der Waals surface area contributed by atoms with Crippen molar-refractivity contribution in [2.75, 3.05) is 11.9 Å². The third-order valence-corrected chi connectivity index (χ3v) is 5.70. The summed E-state index contributed by atoms with van der Waals surface area (Å²) in [6.07, 6.45) is 0. The van der Waals surface area contributed by atoms with Crippen LogP contribution in [0.25, 0.3) is 0 Å². The molecule has 0 saturated carbocycles. The zero-order valence-electron chi connectivity index (χ0n) is 15.0. The van der Waals surface area contributed by atoms with Crippen molar-refractivity contribution in [3.05, 3.63) is 89.0 Å². The van der Waals surface area contributed by atoms with Gasteiger partial charge >= 0.3 is 0 Å². The monoisotopic (exact) mass is 412 g/mol. The summed E-state index contributed by atoms with van der Waals surface area (Å²) in [5.74, 6) is 0.173. The van der Waals surface area contributed by atoms with Crippen LogP contribution in [0.1, 0.15) is 0 Å². The van der Waals surface area contributed by atoms with Gasteiger partial charge in [-0.15, -0.1) is 0 Å². The maximum absolute atomic E-state index is 12.6. The van der Waals surface area contributed by atoms with Gasteiger partial charge in [0, 0.05) is 17.8 Å². The zero-order chi connectivity index (χ0) is 20.9.